The smallest absolute Gasteiger partial charge is 0.230 e. The van der Waals surface area contributed by atoms with E-state index in [1.54, 1.807) is 0 Å². The van der Waals surface area contributed by atoms with E-state index in [4.69, 9.17) is 5.11 Å². The summed E-state index contributed by atoms with van der Waals surface area (Å²) in [6.07, 6.45) is 3.71. The number of Topliss-reactive ketones (excluding diaryl/α,β-unsaturated/α-hetero) is 1. The zero-order valence-electron chi connectivity index (χ0n) is 7.31. The van der Waals surface area contributed by atoms with Crippen LogP contribution in [0.2, 0.25) is 0 Å². The number of nitrogens with zero attached hydrogens (tertiary/aromatic N) is 1. The lowest BCUT2D eigenvalue weighted by atomic mass is 10.1. The van der Waals surface area contributed by atoms with Gasteiger partial charge in [0.25, 0.3) is 0 Å². The Morgan fingerprint density at radius 2 is 2.15 bits per heavy atom. The summed E-state index contributed by atoms with van der Waals surface area (Å²) in [5, 5.41) is 18.2. The van der Waals surface area contributed by atoms with Gasteiger partial charge in [-0.05, 0) is 18.9 Å². The Morgan fingerprint density at radius 1 is 1.46 bits per heavy atom. The van der Waals surface area contributed by atoms with Gasteiger partial charge in [0, 0.05) is 19.4 Å². The molecule has 0 aliphatic heterocycles. The number of allylic oxidation sites excluding steroid dienone is 1. The fourth-order valence-electron chi connectivity index (χ4n) is 0.806. The van der Waals surface area contributed by atoms with E-state index >= 15 is 0 Å². The summed E-state index contributed by atoms with van der Waals surface area (Å²) < 4.78 is 0. The molecular formula is C8H13NO4. The van der Waals surface area contributed by atoms with Gasteiger partial charge in [0.1, 0.15) is 5.78 Å². The highest BCUT2D eigenvalue weighted by Gasteiger charge is 1.99. The van der Waals surface area contributed by atoms with Crippen molar-refractivity contribution >= 4 is 5.78 Å². The molecule has 0 heterocycles. The van der Waals surface area contributed by atoms with Crippen molar-refractivity contribution < 1.29 is 14.8 Å². The molecule has 0 aliphatic carbocycles. The van der Waals surface area contributed by atoms with E-state index in [0.29, 0.717) is 25.7 Å². The van der Waals surface area contributed by atoms with E-state index in [-0.39, 0.29) is 12.4 Å². The second-order valence-corrected chi connectivity index (χ2v) is 2.57. The molecule has 0 aromatic heterocycles. The van der Waals surface area contributed by atoms with Crippen molar-refractivity contribution in [3.63, 3.8) is 0 Å². The zero-order valence-corrected chi connectivity index (χ0v) is 7.31. The first-order valence-corrected chi connectivity index (χ1v) is 4.09. The molecule has 0 saturated heterocycles. The normalized spacial score (nSPS) is 10.5. The fourth-order valence-corrected chi connectivity index (χ4v) is 0.806. The van der Waals surface area contributed by atoms with Crippen molar-refractivity contribution in [1.82, 2.24) is 0 Å². The molecule has 0 aromatic carbocycles. The molecule has 0 saturated carbocycles. The summed E-state index contributed by atoms with van der Waals surface area (Å²) >= 11 is 0. The van der Waals surface area contributed by atoms with Gasteiger partial charge < -0.3 is 5.11 Å². The van der Waals surface area contributed by atoms with Gasteiger partial charge in [-0.3, -0.25) is 14.9 Å². The molecule has 5 nitrogen and oxygen atoms in total. The van der Waals surface area contributed by atoms with Crippen LogP contribution in [0.5, 0.6) is 0 Å². The first-order valence-electron chi connectivity index (χ1n) is 4.09. The summed E-state index contributed by atoms with van der Waals surface area (Å²) in [5.41, 5.74) is 0. The highest BCUT2D eigenvalue weighted by molar-refractivity contribution is 5.78. The van der Waals surface area contributed by atoms with Crippen LogP contribution >= 0.6 is 0 Å². The molecule has 0 aromatic rings. The number of rotatable bonds is 7. The predicted molar refractivity (Wildman–Crippen MR) is 46.7 cm³/mol. The van der Waals surface area contributed by atoms with Gasteiger partial charge in [-0.2, -0.15) is 0 Å². The minimum atomic E-state index is -0.557. The molecule has 1 N–H and O–H groups in total. The van der Waals surface area contributed by atoms with Crippen LogP contribution in [0.1, 0.15) is 25.7 Å². The van der Waals surface area contributed by atoms with Gasteiger partial charge in [-0.25, -0.2) is 0 Å². The van der Waals surface area contributed by atoms with Gasteiger partial charge >= 0.3 is 0 Å². The lowest BCUT2D eigenvalue weighted by Gasteiger charge is -1.94. The van der Waals surface area contributed by atoms with Crippen molar-refractivity contribution in [2.75, 3.05) is 6.61 Å². The molecule has 74 valence electrons. The van der Waals surface area contributed by atoms with Crippen LogP contribution in [0.25, 0.3) is 0 Å². The Bertz CT molecular complexity index is 200. The van der Waals surface area contributed by atoms with E-state index in [1.807, 2.05) is 0 Å². The Balaban J connectivity index is 3.42. The minimum absolute atomic E-state index is 0.0104. The van der Waals surface area contributed by atoms with E-state index in [1.165, 1.54) is 6.08 Å². The lowest BCUT2D eigenvalue weighted by molar-refractivity contribution is -0.402. The van der Waals surface area contributed by atoms with Crippen LogP contribution < -0.4 is 0 Å². The molecule has 5 heteroatoms. The summed E-state index contributed by atoms with van der Waals surface area (Å²) in [6, 6.07) is 0. The Labute approximate surface area is 76.2 Å². The molecule has 0 atom stereocenters. The topological polar surface area (TPSA) is 80.4 Å². The quantitative estimate of drug-likeness (QED) is 0.474. The largest absolute Gasteiger partial charge is 0.396 e. The molecule has 13 heavy (non-hydrogen) atoms. The first kappa shape index (κ1) is 11.8. The second kappa shape index (κ2) is 7.42. The maximum Gasteiger partial charge on any atom is 0.230 e. The van der Waals surface area contributed by atoms with E-state index in [0.717, 1.165) is 6.20 Å². The van der Waals surface area contributed by atoms with Crippen LogP contribution in [0.15, 0.2) is 12.3 Å². The summed E-state index contributed by atoms with van der Waals surface area (Å²) in [7, 11) is 0. The molecule has 0 spiro atoms. The van der Waals surface area contributed by atoms with Crippen molar-refractivity contribution in [2.24, 2.45) is 0 Å². The Hall–Kier alpha value is -1.23. The zero-order chi connectivity index (χ0) is 10.1. The van der Waals surface area contributed by atoms with Crippen LogP contribution in [-0.4, -0.2) is 22.4 Å². The van der Waals surface area contributed by atoms with Crippen LogP contribution in [0.4, 0.5) is 0 Å². The standard InChI is InChI=1S/C8H13NO4/c10-7-3-5-8(11)4-1-2-6-9(12)13/h2,6,10H,1,3-5,7H2/b6-2+. The third-order valence-electron chi connectivity index (χ3n) is 1.43. The van der Waals surface area contributed by atoms with Crippen LogP contribution in [0, 0.1) is 10.1 Å². The number of carbonyl (C=O) groups is 1. The number of hydrogen-bond acceptors (Lipinski definition) is 4. The molecule has 0 rings (SSSR count). The number of ketones is 1. The summed E-state index contributed by atoms with van der Waals surface area (Å²) in [4.78, 5) is 20.2. The van der Waals surface area contributed by atoms with Crippen molar-refractivity contribution in [2.45, 2.75) is 25.7 Å². The van der Waals surface area contributed by atoms with E-state index in [2.05, 4.69) is 0 Å². The molecule has 0 fully saturated rings. The van der Waals surface area contributed by atoms with Crippen molar-refractivity contribution in [1.29, 1.82) is 0 Å². The second-order valence-electron chi connectivity index (χ2n) is 2.57. The minimum Gasteiger partial charge on any atom is -0.396 e. The predicted octanol–water partition coefficient (Wildman–Crippen LogP) is 0.899. The Kier molecular flexibility index (Phi) is 6.72. The van der Waals surface area contributed by atoms with Gasteiger partial charge in [-0.1, -0.05) is 0 Å². The first-order chi connectivity index (χ1) is 6.16. The van der Waals surface area contributed by atoms with Gasteiger partial charge in [0.15, 0.2) is 0 Å². The SMILES string of the molecule is O=C(CC/C=C/[N+](=O)[O-])CCCO. The number of aliphatic hydroxyl groups excluding tert-OH is 1. The number of hydrogen-bond donors (Lipinski definition) is 1. The maximum absolute atomic E-state index is 10.9. The maximum atomic E-state index is 10.9. The van der Waals surface area contributed by atoms with Gasteiger partial charge in [0.05, 0.1) is 4.92 Å². The number of aliphatic hydroxyl groups is 1. The lowest BCUT2D eigenvalue weighted by Crippen LogP contribution is -1.98. The Morgan fingerprint density at radius 3 is 2.69 bits per heavy atom. The molecular weight excluding hydrogens is 174 g/mol. The summed E-state index contributed by atoms with van der Waals surface area (Å²) in [5.74, 6) is 0.0297. The molecule has 0 bridgehead atoms. The van der Waals surface area contributed by atoms with Gasteiger partial charge in [0.2, 0.25) is 6.20 Å². The third-order valence-corrected chi connectivity index (χ3v) is 1.43. The highest BCUT2D eigenvalue weighted by atomic mass is 16.6. The highest BCUT2D eigenvalue weighted by Crippen LogP contribution is 1.99. The average Bonchev–Trinajstić information content (AvgIpc) is 2.08. The van der Waals surface area contributed by atoms with Crippen molar-refractivity contribution in [3.05, 3.63) is 22.4 Å². The third kappa shape index (κ3) is 8.68. The fraction of sp³-hybridized carbons (Fsp3) is 0.625. The van der Waals surface area contributed by atoms with Crippen LogP contribution in [0.3, 0.4) is 0 Å². The monoisotopic (exact) mass is 187 g/mol. The van der Waals surface area contributed by atoms with Gasteiger partial charge in [-0.15, -0.1) is 0 Å². The molecule has 0 amide bonds. The molecule has 0 unspecified atom stereocenters. The van der Waals surface area contributed by atoms with Crippen molar-refractivity contribution in [3.8, 4) is 0 Å². The summed E-state index contributed by atoms with van der Waals surface area (Å²) in [6.45, 7) is 0.0104. The molecule has 0 radical (unpaired) electrons. The number of nitro groups is 1. The average molecular weight is 187 g/mol. The van der Waals surface area contributed by atoms with E-state index in [9.17, 15) is 14.9 Å². The molecule has 0 aliphatic rings. The van der Waals surface area contributed by atoms with Crippen LogP contribution in [-0.2, 0) is 4.79 Å². The number of carbonyl (C=O) groups excluding carboxylic acids is 1. The van der Waals surface area contributed by atoms with E-state index < -0.39 is 4.92 Å².